The summed E-state index contributed by atoms with van der Waals surface area (Å²) < 4.78 is 1.11. The fraction of sp³-hybridized carbons (Fsp3) is 0.100. The summed E-state index contributed by atoms with van der Waals surface area (Å²) in [6.07, 6.45) is 2.66. The van der Waals surface area contributed by atoms with Gasteiger partial charge in [-0.25, -0.2) is 14.5 Å². The summed E-state index contributed by atoms with van der Waals surface area (Å²) in [6, 6.07) is 2.71. The molecule has 0 spiro atoms. The van der Waals surface area contributed by atoms with Gasteiger partial charge in [-0.15, -0.1) is 0 Å². The quantitative estimate of drug-likeness (QED) is 0.778. The Morgan fingerprint density at radius 2 is 2.00 bits per heavy atom. The van der Waals surface area contributed by atoms with Crippen molar-refractivity contribution in [3.63, 3.8) is 0 Å². The predicted molar refractivity (Wildman–Crippen MR) is 57.5 cm³/mol. The van der Waals surface area contributed by atoms with Crippen molar-refractivity contribution in [2.75, 3.05) is 0 Å². The highest BCUT2D eigenvalue weighted by atomic mass is 16.4. The van der Waals surface area contributed by atoms with Gasteiger partial charge in [-0.2, -0.15) is 5.10 Å². The number of carboxylic acid groups (broad SMARTS) is 1. The average Bonchev–Trinajstić information content (AvgIpc) is 2.32. The molecule has 7 heteroatoms. The van der Waals surface area contributed by atoms with E-state index in [1.807, 2.05) is 0 Å². The summed E-state index contributed by atoms with van der Waals surface area (Å²) >= 11 is 0. The summed E-state index contributed by atoms with van der Waals surface area (Å²) in [4.78, 5) is 29.8. The fourth-order valence-electron chi connectivity index (χ4n) is 1.31. The monoisotopic (exact) mass is 232 g/mol. The number of carboxylic acids is 1. The van der Waals surface area contributed by atoms with Crippen molar-refractivity contribution < 1.29 is 9.90 Å². The summed E-state index contributed by atoms with van der Waals surface area (Å²) in [6.45, 7) is 0. The highest BCUT2D eigenvalue weighted by Gasteiger charge is 2.15. The van der Waals surface area contributed by atoms with Crippen molar-refractivity contribution in [2.45, 2.75) is 0 Å². The Labute approximate surface area is 95.4 Å². The number of aromatic carboxylic acids is 1. The zero-order valence-electron chi connectivity index (χ0n) is 8.86. The second kappa shape index (κ2) is 4.12. The van der Waals surface area contributed by atoms with E-state index in [1.165, 1.54) is 31.6 Å². The molecule has 0 saturated carbocycles. The molecule has 0 aliphatic carbocycles. The summed E-state index contributed by atoms with van der Waals surface area (Å²) in [7, 11) is 1.47. The predicted octanol–water partition coefficient (Wildman–Crippen LogP) is -0.0645. The molecule has 0 aromatic carbocycles. The normalized spacial score (nSPS) is 10.2. The molecule has 2 aromatic heterocycles. The van der Waals surface area contributed by atoms with Crippen LogP contribution in [0.15, 0.2) is 29.3 Å². The highest BCUT2D eigenvalue weighted by Crippen LogP contribution is 2.15. The molecule has 2 rings (SSSR count). The lowest BCUT2D eigenvalue weighted by atomic mass is 10.2. The molecule has 1 N–H and O–H groups in total. The van der Waals surface area contributed by atoms with E-state index in [4.69, 9.17) is 5.11 Å². The Hall–Kier alpha value is -2.57. The average molecular weight is 232 g/mol. The summed E-state index contributed by atoms with van der Waals surface area (Å²) in [5, 5.41) is 12.9. The Kier molecular flexibility index (Phi) is 2.65. The molecular formula is C10H8N4O3. The van der Waals surface area contributed by atoms with Gasteiger partial charge in [0.2, 0.25) is 0 Å². The van der Waals surface area contributed by atoms with E-state index in [-0.39, 0.29) is 22.6 Å². The first-order chi connectivity index (χ1) is 8.09. The van der Waals surface area contributed by atoms with Crippen molar-refractivity contribution in [3.8, 4) is 11.4 Å². The highest BCUT2D eigenvalue weighted by molar-refractivity contribution is 5.91. The lowest BCUT2D eigenvalue weighted by Crippen LogP contribution is -2.19. The molecule has 17 heavy (non-hydrogen) atoms. The standard InChI is InChI=1S/C10H8N4O3/c1-14-7(15)3-2-6(13-14)8-9(10(16)17)12-5-4-11-8/h2-5H,1H3,(H,16,17). The zero-order valence-corrected chi connectivity index (χ0v) is 8.86. The largest absolute Gasteiger partial charge is 0.476 e. The third-order valence-electron chi connectivity index (χ3n) is 2.10. The summed E-state index contributed by atoms with van der Waals surface area (Å²) in [5.74, 6) is -1.19. The maximum absolute atomic E-state index is 11.2. The van der Waals surface area contributed by atoms with E-state index in [0.717, 1.165) is 4.68 Å². The number of aryl methyl sites for hydroxylation is 1. The first-order valence-corrected chi connectivity index (χ1v) is 4.68. The lowest BCUT2D eigenvalue weighted by molar-refractivity contribution is 0.0691. The smallest absolute Gasteiger partial charge is 0.356 e. The van der Waals surface area contributed by atoms with Gasteiger partial charge in [0.05, 0.1) is 0 Å². The maximum Gasteiger partial charge on any atom is 0.356 e. The molecule has 0 aliphatic heterocycles. The van der Waals surface area contributed by atoms with Crippen LogP contribution in [0, 0.1) is 0 Å². The Morgan fingerprint density at radius 1 is 1.29 bits per heavy atom. The van der Waals surface area contributed by atoms with Gasteiger partial charge in [0.15, 0.2) is 5.69 Å². The van der Waals surface area contributed by atoms with Crippen LogP contribution in [-0.4, -0.2) is 30.8 Å². The maximum atomic E-state index is 11.2. The van der Waals surface area contributed by atoms with E-state index in [1.54, 1.807) is 0 Å². The van der Waals surface area contributed by atoms with Gasteiger partial charge < -0.3 is 5.11 Å². The zero-order chi connectivity index (χ0) is 12.4. The molecule has 0 saturated heterocycles. The SMILES string of the molecule is Cn1nc(-c2nccnc2C(=O)O)ccc1=O. The van der Waals surface area contributed by atoms with Gasteiger partial charge in [0.25, 0.3) is 5.56 Å². The summed E-state index contributed by atoms with van der Waals surface area (Å²) in [5.41, 5.74) is -0.0543. The fourth-order valence-corrected chi connectivity index (χ4v) is 1.31. The van der Waals surface area contributed by atoms with E-state index in [0.29, 0.717) is 0 Å². The van der Waals surface area contributed by atoms with Gasteiger partial charge in [0.1, 0.15) is 11.4 Å². The number of carbonyl (C=O) groups is 1. The first kappa shape index (κ1) is 10.9. The number of hydrogen-bond donors (Lipinski definition) is 1. The molecule has 0 unspecified atom stereocenters. The minimum Gasteiger partial charge on any atom is -0.476 e. The Morgan fingerprint density at radius 3 is 2.65 bits per heavy atom. The van der Waals surface area contributed by atoms with Gasteiger partial charge in [-0.1, -0.05) is 0 Å². The van der Waals surface area contributed by atoms with Gasteiger partial charge in [0, 0.05) is 25.5 Å². The number of hydrogen-bond acceptors (Lipinski definition) is 5. The number of nitrogens with zero attached hydrogens (tertiary/aromatic N) is 4. The molecule has 86 valence electrons. The molecule has 0 amide bonds. The van der Waals surface area contributed by atoms with E-state index in [9.17, 15) is 9.59 Å². The van der Waals surface area contributed by atoms with Crippen molar-refractivity contribution in [1.29, 1.82) is 0 Å². The van der Waals surface area contributed by atoms with Crippen LogP contribution in [0.3, 0.4) is 0 Å². The molecular weight excluding hydrogens is 224 g/mol. The molecule has 2 heterocycles. The van der Waals surface area contributed by atoms with Crippen LogP contribution in [0.5, 0.6) is 0 Å². The minimum atomic E-state index is -1.19. The van der Waals surface area contributed by atoms with Gasteiger partial charge >= 0.3 is 5.97 Å². The molecule has 0 radical (unpaired) electrons. The van der Waals surface area contributed by atoms with Crippen molar-refractivity contribution in [1.82, 2.24) is 19.7 Å². The first-order valence-electron chi connectivity index (χ1n) is 4.68. The lowest BCUT2D eigenvalue weighted by Gasteiger charge is -2.03. The third kappa shape index (κ3) is 2.03. The van der Waals surface area contributed by atoms with Crippen molar-refractivity contribution in [2.24, 2.45) is 7.05 Å². The topological polar surface area (TPSA) is 98.0 Å². The van der Waals surface area contributed by atoms with E-state index >= 15 is 0 Å². The van der Waals surface area contributed by atoms with E-state index in [2.05, 4.69) is 15.1 Å². The van der Waals surface area contributed by atoms with Gasteiger partial charge in [-0.05, 0) is 6.07 Å². The molecule has 0 fully saturated rings. The second-order valence-electron chi connectivity index (χ2n) is 3.24. The van der Waals surface area contributed by atoms with Crippen LogP contribution >= 0.6 is 0 Å². The second-order valence-corrected chi connectivity index (χ2v) is 3.24. The van der Waals surface area contributed by atoms with Crippen molar-refractivity contribution in [3.05, 3.63) is 40.6 Å². The Balaban J connectivity index is 2.64. The van der Waals surface area contributed by atoms with Crippen LogP contribution in [-0.2, 0) is 7.05 Å². The van der Waals surface area contributed by atoms with Crippen LogP contribution in [0.25, 0.3) is 11.4 Å². The van der Waals surface area contributed by atoms with E-state index < -0.39 is 5.97 Å². The van der Waals surface area contributed by atoms with Crippen LogP contribution in [0.2, 0.25) is 0 Å². The van der Waals surface area contributed by atoms with Crippen LogP contribution in [0.4, 0.5) is 0 Å². The molecule has 2 aromatic rings. The molecule has 0 aliphatic rings. The molecule has 0 bridgehead atoms. The number of aromatic nitrogens is 4. The van der Waals surface area contributed by atoms with Crippen LogP contribution < -0.4 is 5.56 Å². The number of rotatable bonds is 2. The van der Waals surface area contributed by atoms with Crippen molar-refractivity contribution >= 4 is 5.97 Å². The molecule has 7 nitrogen and oxygen atoms in total. The minimum absolute atomic E-state index is 0.135. The molecule has 0 atom stereocenters. The van der Waals surface area contributed by atoms with Crippen LogP contribution in [0.1, 0.15) is 10.5 Å². The third-order valence-corrected chi connectivity index (χ3v) is 2.10. The Bertz CT molecular complexity index is 635. The van der Waals surface area contributed by atoms with Gasteiger partial charge in [-0.3, -0.25) is 9.78 Å².